The van der Waals surface area contributed by atoms with Crippen molar-refractivity contribution in [2.45, 2.75) is 70.4 Å². The van der Waals surface area contributed by atoms with Crippen molar-refractivity contribution in [1.29, 1.82) is 0 Å². The molecule has 16 heteroatoms. The fourth-order valence-electron chi connectivity index (χ4n) is 5.54. The van der Waals surface area contributed by atoms with Gasteiger partial charge >= 0.3 is 11.9 Å². The summed E-state index contributed by atoms with van der Waals surface area (Å²) in [4.78, 5) is 49.9. The van der Waals surface area contributed by atoms with E-state index >= 15 is 4.57 Å². The first-order valence-corrected chi connectivity index (χ1v) is 18.6. The third-order valence-corrected chi connectivity index (χ3v) is 9.92. The molecule has 5 rings (SSSR count). The van der Waals surface area contributed by atoms with Gasteiger partial charge in [-0.05, 0) is 36.8 Å². The summed E-state index contributed by atoms with van der Waals surface area (Å²) in [5, 5.41) is 6.07. The van der Waals surface area contributed by atoms with Crippen molar-refractivity contribution in [2.75, 3.05) is 31.9 Å². The topological polar surface area (TPSA) is 202 Å². The molecule has 1 unspecified atom stereocenters. The van der Waals surface area contributed by atoms with Crippen LogP contribution in [-0.4, -0.2) is 75.8 Å². The normalized spacial score (nSPS) is 17.4. The van der Waals surface area contributed by atoms with Gasteiger partial charge < -0.3 is 24.7 Å². The summed E-state index contributed by atoms with van der Waals surface area (Å²) < 4.78 is 39.8. The number of hydrogen-bond acceptors (Lipinski definition) is 11. The van der Waals surface area contributed by atoms with Gasteiger partial charge in [-0.2, -0.15) is 4.98 Å². The molecule has 2 aromatic heterocycles. The van der Waals surface area contributed by atoms with Crippen molar-refractivity contribution in [1.82, 2.24) is 29.7 Å². The van der Waals surface area contributed by atoms with Crippen LogP contribution in [0.2, 0.25) is 0 Å². The zero-order valence-corrected chi connectivity index (χ0v) is 29.1. The molecule has 1 saturated heterocycles. The highest BCUT2D eigenvalue weighted by molar-refractivity contribution is 7.59. The quantitative estimate of drug-likeness (QED) is 0.0865. The zero-order valence-electron chi connectivity index (χ0n) is 28.2. The highest BCUT2D eigenvalue weighted by Gasteiger charge is 2.38. The molecule has 3 heterocycles. The van der Waals surface area contributed by atoms with Crippen LogP contribution in [0, 0.1) is 0 Å². The molecule has 0 radical (unpaired) electrons. The van der Waals surface area contributed by atoms with Crippen LogP contribution in [0.3, 0.4) is 0 Å². The molecule has 15 nitrogen and oxygen atoms in total. The number of imidazole rings is 1. The van der Waals surface area contributed by atoms with E-state index in [2.05, 4.69) is 25.1 Å². The number of ether oxygens (including phenoxy) is 4. The first-order chi connectivity index (χ1) is 24.2. The van der Waals surface area contributed by atoms with E-state index in [0.717, 1.165) is 11.1 Å². The van der Waals surface area contributed by atoms with Crippen molar-refractivity contribution < 1.29 is 33.1 Å². The zero-order chi connectivity index (χ0) is 35.5. The summed E-state index contributed by atoms with van der Waals surface area (Å²) in [7, 11) is -3.93. The van der Waals surface area contributed by atoms with Crippen molar-refractivity contribution >= 4 is 36.5 Å². The number of anilines is 1. The standard InChI is InChI=1S/C34H44N7O8P/c1-3-15-46-32(43)26(17-23-11-7-5-8-12-23)39-50(45,40-27(33(44)47-16-4-2)18-24-13-9-6-10-14-24)22-49-25-19-28(48-20-25)41-21-36-29-30(41)37-34(35)38-31(29)42/h5-14,21,25-28H,3-4,15-20,22H2,1-2H3,(H2,39,40,45)(H3,35,37,38,42)/t25-,26+,27+,28?/m1/s1. The third-order valence-electron chi connectivity index (χ3n) is 7.95. The summed E-state index contributed by atoms with van der Waals surface area (Å²) in [5.41, 5.74) is 7.31. The summed E-state index contributed by atoms with van der Waals surface area (Å²) in [6.07, 6.45) is 1.77. The Bertz CT molecular complexity index is 1750. The molecule has 0 bridgehead atoms. The van der Waals surface area contributed by atoms with E-state index in [9.17, 15) is 14.4 Å². The molecule has 5 N–H and O–H groups in total. The fourth-order valence-corrected chi connectivity index (χ4v) is 7.58. The molecule has 4 aromatic rings. The lowest BCUT2D eigenvalue weighted by Crippen LogP contribution is -2.47. The molecule has 1 fully saturated rings. The molecule has 0 spiro atoms. The van der Waals surface area contributed by atoms with Gasteiger partial charge in [0.15, 0.2) is 11.2 Å². The Morgan fingerprint density at radius 1 is 0.980 bits per heavy atom. The number of aromatic nitrogens is 4. The van der Waals surface area contributed by atoms with E-state index in [4.69, 9.17) is 24.7 Å². The smallest absolute Gasteiger partial charge is 0.323 e. The lowest BCUT2D eigenvalue weighted by atomic mass is 10.1. The van der Waals surface area contributed by atoms with E-state index in [1.807, 2.05) is 74.5 Å². The predicted octanol–water partition coefficient (Wildman–Crippen LogP) is 3.46. The molecule has 2 aromatic carbocycles. The molecule has 0 saturated carbocycles. The largest absolute Gasteiger partial charge is 0.465 e. The molecule has 1 aliphatic heterocycles. The molecule has 4 atom stereocenters. The van der Waals surface area contributed by atoms with Gasteiger partial charge in [0.1, 0.15) is 24.7 Å². The second-order valence-electron chi connectivity index (χ2n) is 12.0. The Kier molecular flexibility index (Phi) is 12.9. The monoisotopic (exact) mass is 709 g/mol. The highest BCUT2D eigenvalue weighted by atomic mass is 31.2. The third kappa shape index (κ3) is 9.86. The maximum absolute atomic E-state index is 15.0. The number of H-pyrrole nitrogens is 1. The van der Waals surface area contributed by atoms with Gasteiger partial charge in [0, 0.05) is 6.42 Å². The Balaban J connectivity index is 1.39. The minimum Gasteiger partial charge on any atom is -0.465 e. The first kappa shape index (κ1) is 36.9. The summed E-state index contributed by atoms with van der Waals surface area (Å²) in [6, 6.07) is 16.5. The molecule has 0 amide bonds. The van der Waals surface area contributed by atoms with Gasteiger partial charge in [0.2, 0.25) is 13.4 Å². The molecule has 50 heavy (non-hydrogen) atoms. The number of rotatable bonds is 18. The van der Waals surface area contributed by atoms with Crippen LogP contribution in [0.1, 0.15) is 50.5 Å². The van der Waals surface area contributed by atoms with E-state index in [0.29, 0.717) is 19.3 Å². The number of benzene rings is 2. The fraction of sp³-hybridized carbons (Fsp3) is 0.441. The highest BCUT2D eigenvalue weighted by Crippen LogP contribution is 2.40. The van der Waals surface area contributed by atoms with Crippen LogP contribution in [0.5, 0.6) is 0 Å². The van der Waals surface area contributed by atoms with E-state index < -0.39 is 55.7 Å². The maximum Gasteiger partial charge on any atom is 0.323 e. The van der Waals surface area contributed by atoms with Gasteiger partial charge in [-0.1, -0.05) is 74.5 Å². The van der Waals surface area contributed by atoms with Crippen molar-refractivity contribution in [3.8, 4) is 0 Å². The molecule has 1 aliphatic rings. The average molecular weight is 710 g/mol. The molecule has 268 valence electrons. The Hall–Kier alpha value is -4.40. The first-order valence-electron chi connectivity index (χ1n) is 16.7. The predicted molar refractivity (Wildman–Crippen MR) is 186 cm³/mol. The van der Waals surface area contributed by atoms with Crippen molar-refractivity contribution in [3.05, 3.63) is 88.5 Å². The summed E-state index contributed by atoms with van der Waals surface area (Å²) >= 11 is 0. The lowest BCUT2D eigenvalue weighted by molar-refractivity contribution is -0.146. The van der Waals surface area contributed by atoms with E-state index in [1.165, 1.54) is 6.33 Å². The number of nitrogens with zero attached hydrogens (tertiary/aromatic N) is 3. The van der Waals surface area contributed by atoms with Gasteiger partial charge in [0.05, 0.1) is 32.3 Å². The number of aromatic amines is 1. The Morgan fingerprint density at radius 2 is 1.54 bits per heavy atom. The number of carbonyl (C=O) groups is 2. The van der Waals surface area contributed by atoms with Crippen LogP contribution in [-0.2, 0) is 45.9 Å². The van der Waals surface area contributed by atoms with Gasteiger partial charge in [-0.25, -0.2) is 15.2 Å². The van der Waals surface area contributed by atoms with Gasteiger partial charge in [-0.3, -0.25) is 28.5 Å². The van der Waals surface area contributed by atoms with Crippen LogP contribution in [0.4, 0.5) is 5.95 Å². The Morgan fingerprint density at radius 3 is 2.08 bits per heavy atom. The van der Waals surface area contributed by atoms with Crippen LogP contribution in [0.15, 0.2) is 71.8 Å². The number of hydrogen-bond donors (Lipinski definition) is 4. The minimum absolute atomic E-state index is 0.0572. The minimum atomic E-state index is -3.93. The van der Waals surface area contributed by atoms with Gasteiger partial charge in [0.25, 0.3) is 5.56 Å². The average Bonchev–Trinajstić information content (AvgIpc) is 3.76. The second kappa shape index (κ2) is 17.5. The SMILES string of the molecule is CCCOC(=O)[C@H](Cc1ccccc1)NP(=O)(CO[C@H]1COC(n2cnc3c(=O)[nH]c(N)nc32)C1)N[C@@H](Cc1ccccc1)C(=O)OCCC. The number of carbonyl (C=O) groups excluding carboxylic acids is 2. The van der Waals surface area contributed by atoms with E-state index in [-0.39, 0.29) is 49.8 Å². The van der Waals surface area contributed by atoms with Crippen LogP contribution < -0.4 is 21.5 Å². The van der Waals surface area contributed by atoms with Gasteiger partial charge in [-0.15, -0.1) is 0 Å². The maximum atomic E-state index is 15.0. The number of fused-ring (bicyclic) bond motifs is 1. The molecular formula is C34H44N7O8P. The summed E-state index contributed by atoms with van der Waals surface area (Å²) in [5.74, 6) is -1.22. The molecule has 0 aliphatic carbocycles. The summed E-state index contributed by atoms with van der Waals surface area (Å²) in [6.45, 7) is 4.28. The van der Waals surface area contributed by atoms with Crippen molar-refractivity contribution in [3.63, 3.8) is 0 Å². The van der Waals surface area contributed by atoms with E-state index in [1.54, 1.807) is 4.57 Å². The number of nitrogens with two attached hydrogens (primary N) is 1. The second-order valence-corrected chi connectivity index (χ2v) is 14.3. The molecular weight excluding hydrogens is 665 g/mol. The Labute approximate surface area is 289 Å². The number of nitrogens with one attached hydrogen (secondary N) is 3. The van der Waals surface area contributed by atoms with Crippen LogP contribution in [0.25, 0.3) is 11.2 Å². The number of nitrogen functional groups attached to an aromatic ring is 1. The number of esters is 2. The lowest BCUT2D eigenvalue weighted by Gasteiger charge is -2.29. The van der Waals surface area contributed by atoms with Crippen LogP contribution >= 0.6 is 7.44 Å². The van der Waals surface area contributed by atoms with Crippen molar-refractivity contribution in [2.24, 2.45) is 0 Å².